The number of rotatable bonds is 7. The zero-order valence-electron chi connectivity index (χ0n) is 12.8. The van der Waals surface area contributed by atoms with Crippen molar-refractivity contribution in [2.45, 2.75) is 37.4 Å². The summed E-state index contributed by atoms with van der Waals surface area (Å²) in [5, 5.41) is 33.4. The number of nitrogens with one attached hydrogen (secondary N) is 1. The van der Waals surface area contributed by atoms with Gasteiger partial charge in [-0.3, -0.25) is 0 Å². The highest BCUT2D eigenvalue weighted by Crippen LogP contribution is 2.21. The Bertz CT molecular complexity index is 556. The summed E-state index contributed by atoms with van der Waals surface area (Å²) < 4.78 is 28.5. The van der Waals surface area contributed by atoms with E-state index in [1.807, 2.05) is 12.1 Å². The summed E-state index contributed by atoms with van der Waals surface area (Å²) >= 11 is 5.81. The van der Waals surface area contributed by atoms with E-state index in [2.05, 4.69) is 10.1 Å². The van der Waals surface area contributed by atoms with Gasteiger partial charge in [-0.25, -0.2) is 0 Å². The third-order valence-corrected chi connectivity index (χ3v) is 4.15. The first-order chi connectivity index (χ1) is 11.4. The van der Waals surface area contributed by atoms with Crippen LogP contribution in [0.15, 0.2) is 35.9 Å². The summed E-state index contributed by atoms with van der Waals surface area (Å²) in [5.74, 6) is 0. The van der Waals surface area contributed by atoms with Gasteiger partial charge in [-0.2, -0.15) is 8.78 Å². The van der Waals surface area contributed by atoms with Gasteiger partial charge >= 0.3 is 6.61 Å². The lowest BCUT2D eigenvalue weighted by Crippen LogP contribution is -2.54. The van der Waals surface area contributed by atoms with Gasteiger partial charge in [0.2, 0.25) is 0 Å². The predicted octanol–water partition coefficient (Wildman–Crippen LogP) is 1.10. The van der Waals surface area contributed by atoms with E-state index in [0.29, 0.717) is 18.0 Å². The molecule has 0 saturated heterocycles. The van der Waals surface area contributed by atoms with E-state index < -0.39 is 37.6 Å². The largest absolute Gasteiger partial charge is 0.388 e. The molecule has 0 heterocycles. The second-order valence-corrected chi connectivity index (χ2v) is 6.03. The van der Waals surface area contributed by atoms with E-state index >= 15 is 0 Å². The first kappa shape index (κ1) is 19.2. The van der Waals surface area contributed by atoms with E-state index in [1.54, 1.807) is 12.1 Å². The van der Waals surface area contributed by atoms with Crippen LogP contribution < -0.4 is 5.32 Å². The Balaban J connectivity index is 1.94. The predicted molar refractivity (Wildman–Crippen MR) is 85.0 cm³/mol. The minimum Gasteiger partial charge on any atom is -0.388 e. The molecule has 0 aliphatic heterocycles. The number of ether oxygens (including phenoxy) is 1. The molecule has 1 aromatic carbocycles. The summed E-state index contributed by atoms with van der Waals surface area (Å²) in [7, 11) is 0. The molecule has 0 bridgehead atoms. The van der Waals surface area contributed by atoms with Crippen molar-refractivity contribution in [3.8, 4) is 0 Å². The smallest absolute Gasteiger partial charge is 0.345 e. The van der Waals surface area contributed by atoms with Gasteiger partial charge in [0.15, 0.2) is 0 Å². The van der Waals surface area contributed by atoms with E-state index in [4.69, 9.17) is 11.6 Å². The molecule has 0 spiro atoms. The fourth-order valence-electron chi connectivity index (χ4n) is 2.55. The molecule has 2 rings (SSSR count). The van der Waals surface area contributed by atoms with Crippen LogP contribution in [0, 0.1) is 0 Å². The highest BCUT2D eigenvalue weighted by atomic mass is 35.5. The number of aliphatic hydroxyl groups excluding tert-OH is 3. The van der Waals surface area contributed by atoms with Crippen molar-refractivity contribution in [2.24, 2.45) is 0 Å². The highest BCUT2D eigenvalue weighted by molar-refractivity contribution is 6.30. The second kappa shape index (κ2) is 8.84. The van der Waals surface area contributed by atoms with Crippen LogP contribution in [-0.2, 0) is 11.2 Å². The number of aliphatic hydroxyl groups is 3. The van der Waals surface area contributed by atoms with Crippen LogP contribution in [0.1, 0.15) is 5.56 Å². The zero-order chi connectivity index (χ0) is 17.7. The normalized spacial score (nSPS) is 27.4. The molecule has 5 nitrogen and oxygen atoms in total. The Morgan fingerprint density at radius 3 is 2.42 bits per heavy atom. The van der Waals surface area contributed by atoms with Crippen molar-refractivity contribution in [3.05, 3.63) is 46.5 Å². The Morgan fingerprint density at radius 2 is 1.79 bits per heavy atom. The molecule has 4 atom stereocenters. The van der Waals surface area contributed by atoms with E-state index in [1.165, 1.54) is 6.08 Å². The second-order valence-electron chi connectivity index (χ2n) is 5.60. The van der Waals surface area contributed by atoms with Crippen molar-refractivity contribution < 1.29 is 28.8 Å². The van der Waals surface area contributed by atoms with Crippen LogP contribution in [-0.4, -0.2) is 59.4 Å². The van der Waals surface area contributed by atoms with Crippen LogP contribution >= 0.6 is 11.6 Å². The molecule has 24 heavy (non-hydrogen) atoms. The molecule has 8 heteroatoms. The van der Waals surface area contributed by atoms with E-state index in [-0.39, 0.29) is 5.57 Å². The van der Waals surface area contributed by atoms with Crippen molar-refractivity contribution in [1.29, 1.82) is 0 Å². The minimum absolute atomic E-state index is 0.108. The lowest BCUT2D eigenvalue weighted by molar-refractivity contribution is -0.129. The highest BCUT2D eigenvalue weighted by Gasteiger charge is 2.37. The maximum Gasteiger partial charge on any atom is 0.345 e. The lowest BCUT2D eigenvalue weighted by Gasteiger charge is -2.35. The molecule has 1 aliphatic rings. The fraction of sp³-hybridized carbons (Fsp3) is 0.500. The van der Waals surface area contributed by atoms with Gasteiger partial charge in [-0.1, -0.05) is 29.8 Å². The number of hydrogen-bond donors (Lipinski definition) is 4. The van der Waals surface area contributed by atoms with Crippen LogP contribution in [0.3, 0.4) is 0 Å². The molecule has 0 saturated carbocycles. The molecule has 0 radical (unpaired) electrons. The number of halogens is 3. The molecule has 0 amide bonds. The molecule has 134 valence electrons. The molecule has 4 N–H and O–H groups in total. The molecule has 0 fully saturated rings. The molecule has 1 aromatic rings. The Labute approximate surface area is 143 Å². The average Bonchev–Trinajstić information content (AvgIpc) is 2.55. The number of benzene rings is 1. The van der Waals surface area contributed by atoms with Gasteiger partial charge in [-0.05, 0) is 36.2 Å². The van der Waals surface area contributed by atoms with Gasteiger partial charge in [-0.15, -0.1) is 0 Å². The van der Waals surface area contributed by atoms with E-state index in [9.17, 15) is 24.1 Å². The summed E-state index contributed by atoms with van der Waals surface area (Å²) in [6, 6.07) is 6.61. The Kier molecular flexibility index (Phi) is 7.09. The SMILES string of the molecule is O[C@@H]1[C@@H](O)[C@@H](O)C(COC(F)F)=C[C@H]1NCCc1ccc(Cl)cc1. The van der Waals surface area contributed by atoms with Crippen molar-refractivity contribution in [3.63, 3.8) is 0 Å². The Morgan fingerprint density at radius 1 is 1.12 bits per heavy atom. The molecular weight excluding hydrogens is 344 g/mol. The fourth-order valence-corrected chi connectivity index (χ4v) is 2.68. The first-order valence-corrected chi connectivity index (χ1v) is 7.88. The van der Waals surface area contributed by atoms with Crippen molar-refractivity contribution >= 4 is 11.6 Å². The van der Waals surface area contributed by atoms with Gasteiger partial charge in [0.05, 0.1) is 12.6 Å². The van der Waals surface area contributed by atoms with Crippen molar-refractivity contribution in [1.82, 2.24) is 5.32 Å². The lowest BCUT2D eigenvalue weighted by atomic mass is 9.88. The zero-order valence-corrected chi connectivity index (χ0v) is 13.5. The molecular formula is C16H20ClF2NO4. The average molecular weight is 364 g/mol. The molecule has 0 aromatic heterocycles. The molecule has 1 aliphatic carbocycles. The maximum absolute atomic E-state index is 12.1. The standard InChI is InChI=1S/C16H20ClF2NO4/c17-11-3-1-9(2-4-11)5-6-20-12-7-10(8-24-16(18)19)13(21)15(23)14(12)22/h1-4,7,12-16,20-23H,5-6,8H2/t12-,13+,14+,15+/m1/s1. The third kappa shape index (κ3) is 5.20. The van der Waals surface area contributed by atoms with Gasteiger partial charge in [0.1, 0.15) is 18.3 Å². The van der Waals surface area contributed by atoms with E-state index in [0.717, 1.165) is 5.56 Å². The summed E-state index contributed by atoms with van der Waals surface area (Å²) in [4.78, 5) is 0. The quantitative estimate of drug-likeness (QED) is 0.545. The van der Waals surface area contributed by atoms with Gasteiger partial charge in [0.25, 0.3) is 0 Å². The monoisotopic (exact) mass is 363 g/mol. The van der Waals surface area contributed by atoms with Crippen LogP contribution in [0.2, 0.25) is 5.02 Å². The summed E-state index contributed by atoms with van der Waals surface area (Å²) in [5.41, 5.74) is 1.14. The van der Waals surface area contributed by atoms with Crippen LogP contribution in [0.25, 0.3) is 0 Å². The number of hydrogen-bond acceptors (Lipinski definition) is 5. The number of alkyl halides is 2. The summed E-state index contributed by atoms with van der Waals surface area (Å²) in [6.07, 6.45) is -2.09. The van der Waals surface area contributed by atoms with Crippen molar-refractivity contribution in [2.75, 3.05) is 13.2 Å². The maximum atomic E-state index is 12.1. The molecule has 0 unspecified atom stereocenters. The van der Waals surface area contributed by atoms with Crippen LogP contribution in [0.4, 0.5) is 8.78 Å². The Hall–Kier alpha value is -1.09. The van der Waals surface area contributed by atoms with Gasteiger partial charge < -0.3 is 25.4 Å². The topological polar surface area (TPSA) is 82.0 Å². The van der Waals surface area contributed by atoms with Crippen LogP contribution in [0.5, 0.6) is 0 Å². The van der Waals surface area contributed by atoms with Gasteiger partial charge in [0, 0.05) is 5.02 Å². The first-order valence-electron chi connectivity index (χ1n) is 7.51. The minimum atomic E-state index is -2.97. The third-order valence-electron chi connectivity index (χ3n) is 3.90. The summed E-state index contributed by atoms with van der Waals surface area (Å²) in [6.45, 7) is -3.01.